The molecule has 0 aliphatic heterocycles. The fraction of sp³-hybridized carbons (Fsp3) is 0.619. The van der Waals surface area contributed by atoms with Gasteiger partial charge in [0.05, 0.1) is 10.5 Å². The Bertz CT molecular complexity index is 784. The van der Waals surface area contributed by atoms with Crippen LogP contribution in [0.3, 0.4) is 0 Å². The number of nitrogens with one attached hydrogen (secondary N) is 2. The summed E-state index contributed by atoms with van der Waals surface area (Å²) in [6.45, 7) is 5.21. The van der Waals surface area contributed by atoms with Crippen molar-refractivity contribution in [2.75, 3.05) is 0 Å². The maximum absolute atomic E-state index is 12.3. The Morgan fingerprint density at radius 2 is 1.66 bits per heavy atom. The SMILES string of the molecule is CC[C@H](C)NS(=O)(=O)c1ccc(C(=O)O[C@H](C)C(=O)NC2CCCCCC2)cc1. The van der Waals surface area contributed by atoms with Crippen molar-refractivity contribution in [3.8, 4) is 0 Å². The third kappa shape index (κ3) is 7.12. The van der Waals surface area contributed by atoms with E-state index in [2.05, 4.69) is 10.0 Å². The van der Waals surface area contributed by atoms with E-state index < -0.39 is 22.1 Å². The van der Waals surface area contributed by atoms with Gasteiger partial charge in [-0.15, -0.1) is 0 Å². The second-order valence-electron chi connectivity index (χ2n) is 7.70. The Hall–Kier alpha value is -1.93. The van der Waals surface area contributed by atoms with E-state index in [1.807, 2.05) is 6.92 Å². The third-order valence-electron chi connectivity index (χ3n) is 5.22. The fourth-order valence-corrected chi connectivity index (χ4v) is 4.54. The molecule has 0 heterocycles. The first kappa shape index (κ1) is 23.3. The molecule has 0 radical (unpaired) electrons. The number of carbonyl (C=O) groups is 2. The largest absolute Gasteiger partial charge is 0.449 e. The van der Waals surface area contributed by atoms with Crippen LogP contribution in [-0.4, -0.2) is 38.5 Å². The summed E-state index contributed by atoms with van der Waals surface area (Å²) in [5, 5.41) is 2.96. The number of esters is 1. The maximum atomic E-state index is 12.3. The molecule has 2 atom stereocenters. The van der Waals surface area contributed by atoms with Gasteiger partial charge in [0.15, 0.2) is 6.10 Å². The summed E-state index contributed by atoms with van der Waals surface area (Å²) in [5.41, 5.74) is 0.196. The third-order valence-corrected chi connectivity index (χ3v) is 6.83. The van der Waals surface area contributed by atoms with Gasteiger partial charge in [-0.2, -0.15) is 0 Å². The van der Waals surface area contributed by atoms with Crippen LogP contribution < -0.4 is 10.0 Å². The number of ether oxygens (including phenoxy) is 1. The highest BCUT2D eigenvalue weighted by Gasteiger charge is 2.23. The van der Waals surface area contributed by atoms with Crippen LogP contribution in [0.2, 0.25) is 0 Å². The van der Waals surface area contributed by atoms with Gasteiger partial charge in [0.2, 0.25) is 10.0 Å². The summed E-state index contributed by atoms with van der Waals surface area (Å²) in [6.07, 6.45) is 6.23. The topological polar surface area (TPSA) is 102 Å². The van der Waals surface area contributed by atoms with Gasteiger partial charge in [-0.1, -0.05) is 32.6 Å². The Labute approximate surface area is 173 Å². The summed E-state index contributed by atoms with van der Waals surface area (Å²) in [4.78, 5) is 24.7. The van der Waals surface area contributed by atoms with E-state index in [9.17, 15) is 18.0 Å². The fourth-order valence-electron chi connectivity index (χ4n) is 3.21. The first-order valence-electron chi connectivity index (χ1n) is 10.4. The van der Waals surface area contributed by atoms with Gasteiger partial charge >= 0.3 is 5.97 Å². The highest BCUT2D eigenvalue weighted by molar-refractivity contribution is 7.89. The molecule has 1 saturated carbocycles. The zero-order chi connectivity index (χ0) is 21.4. The van der Waals surface area contributed by atoms with Crippen molar-refractivity contribution in [3.05, 3.63) is 29.8 Å². The van der Waals surface area contributed by atoms with Crippen molar-refractivity contribution in [2.24, 2.45) is 0 Å². The van der Waals surface area contributed by atoms with Crippen LogP contribution in [0.25, 0.3) is 0 Å². The van der Waals surface area contributed by atoms with Crippen LogP contribution in [0.4, 0.5) is 0 Å². The molecule has 1 aromatic carbocycles. The van der Waals surface area contributed by atoms with Gasteiger partial charge in [-0.3, -0.25) is 4.79 Å². The molecule has 0 spiro atoms. The van der Waals surface area contributed by atoms with Crippen molar-refractivity contribution >= 4 is 21.9 Å². The Morgan fingerprint density at radius 1 is 1.07 bits per heavy atom. The van der Waals surface area contributed by atoms with Gasteiger partial charge in [-0.25, -0.2) is 17.9 Å². The van der Waals surface area contributed by atoms with Gasteiger partial charge in [0.25, 0.3) is 5.91 Å². The maximum Gasteiger partial charge on any atom is 0.338 e. The molecule has 1 aromatic rings. The van der Waals surface area contributed by atoms with E-state index in [-0.39, 0.29) is 28.4 Å². The zero-order valence-corrected chi connectivity index (χ0v) is 18.3. The van der Waals surface area contributed by atoms with Crippen LogP contribution >= 0.6 is 0 Å². The van der Waals surface area contributed by atoms with Crippen LogP contribution in [0, 0.1) is 0 Å². The van der Waals surface area contributed by atoms with Crippen LogP contribution in [0.5, 0.6) is 0 Å². The summed E-state index contributed by atoms with van der Waals surface area (Å²) in [6, 6.07) is 5.45. The lowest BCUT2D eigenvalue weighted by Crippen LogP contribution is -2.41. The Kier molecular flexibility index (Phi) is 8.64. The van der Waals surface area contributed by atoms with Gasteiger partial charge in [-0.05, 0) is 57.4 Å². The van der Waals surface area contributed by atoms with E-state index >= 15 is 0 Å². The van der Waals surface area contributed by atoms with Gasteiger partial charge < -0.3 is 10.1 Å². The molecule has 1 aliphatic carbocycles. The van der Waals surface area contributed by atoms with Crippen molar-refractivity contribution in [1.82, 2.24) is 10.0 Å². The minimum atomic E-state index is -3.64. The van der Waals surface area contributed by atoms with Gasteiger partial charge in [0, 0.05) is 12.1 Å². The van der Waals surface area contributed by atoms with Crippen LogP contribution in [0.15, 0.2) is 29.2 Å². The van der Waals surface area contributed by atoms with Crippen LogP contribution in [-0.2, 0) is 19.6 Å². The minimum Gasteiger partial charge on any atom is -0.449 e. The molecule has 0 unspecified atom stereocenters. The predicted octanol–water partition coefficient (Wildman–Crippen LogP) is 3.15. The van der Waals surface area contributed by atoms with E-state index in [1.54, 1.807) is 13.8 Å². The standard InChI is InChI=1S/C21H32N2O5S/c1-4-15(2)23-29(26,27)19-13-11-17(12-14-19)21(25)28-16(3)20(24)22-18-9-7-5-6-8-10-18/h11-16,18,23H,4-10H2,1-3H3,(H,22,24)/t15-,16+/m0/s1. The highest BCUT2D eigenvalue weighted by Crippen LogP contribution is 2.18. The highest BCUT2D eigenvalue weighted by atomic mass is 32.2. The number of rotatable bonds is 8. The Morgan fingerprint density at radius 3 is 2.21 bits per heavy atom. The van der Waals surface area contributed by atoms with Crippen molar-refractivity contribution in [2.45, 2.75) is 88.8 Å². The lowest BCUT2D eigenvalue weighted by atomic mass is 10.1. The smallest absolute Gasteiger partial charge is 0.338 e. The van der Waals surface area contributed by atoms with Crippen molar-refractivity contribution < 1.29 is 22.7 Å². The molecule has 0 saturated heterocycles. The van der Waals surface area contributed by atoms with Crippen molar-refractivity contribution in [1.29, 1.82) is 0 Å². The minimum absolute atomic E-state index is 0.0773. The molecule has 162 valence electrons. The number of amides is 1. The summed E-state index contributed by atoms with van der Waals surface area (Å²) in [5.74, 6) is -0.963. The zero-order valence-electron chi connectivity index (χ0n) is 17.4. The molecule has 1 aliphatic rings. The predicted molar refractivity (Wildman–Crippen MR) is 111 cm³/mol. The number of benzene rings is 1. The number of hydrogen-bond donors (Lipinski definition) is 2. The molecule has 29 heavy (non-hydrogen) atoms. The van der Waals surface area contributed by atoms with E-state index in [1.165, 1.54) is 37.1 Å². The quantitative estimate of drug-likeness (QED) is 0.493. The molecule has 1 fully saturated rings. The average molecular weight is 425 g/mol. The molecule has 1 amide bonds. The summed E-state index contributed by atoms with van der Waals surface area (Å²) in [7, 11) is -3.64. The molecular weight excluding hydrogens is 392 g/mol. The normalized spacial score (nSPS) is 17.8. The molecule has 2 rings (SSSR count). The first-order chi connectivity index (χ1) is 13.7. The van der Waals surface area contributed by atoms with Gasteiger partial charge in [0.1, 0.15) is 0 Å². The monoisotopic (exact) mass is 424 g/mol. The average Bonchev–Trinajstić information content (AvgIpc) is 2.96. The lowest BCUT2D eigenvalue weighted by molar-refractivity contribution is -0.129. The molecular formula is C21H32N2O5S. The molecule has 0 aromatic heterocycles. The first-order valence-corrected chi connectivity index (χ1v) is 11.8. The summed E-state index contributed by atoms with van der Waals surface area (Å²) >= 11 is 0. The molecule has 7 nitrogen and oxygen atoms in total. The van der Waals surface area contributed by atoms with E-state index in [0.29, 0.717) is 6.42 Å². The van der Waals surface area contributed by atoms with Crippen LogP contribution in [0.1, 0.15) is 76.1 Å². The number of carbonyl (C=O) groups excluding carboxylic acids is 2. The lowest BCUT2D eigenvalue weighted by Gasteiger charge is -2.19. The summed E-state index contributed by atoms with van der Waals surface area (Å²) < 4.78 is 32.4. The number of hydrogen-bond acceptors (Lipinski definition) is 5. The second-order valence-corrected chi connectivity index (χ2v) is 9.41. The van der Waals surface area contributed by atoms with E-state index in [0.717, 1.165) is 25.7 Å². The molecule has 0 bridgehead atoms. The van der Waals surface area contributed by atoms with E-state index in [4.69, 9.17) is 4.74 Å². The van der Waals surface area contributed by atoms with Crippen molar-refractivity contribution in [3.63, 3.8) is 0 Å². The number of sulfonamides is 1. The second kappa shape index (κ2) is 10.7. The Balaban J connectivity index is 1.93. The molecule has 2 N–H and O–H groups in total. The molecule has 8 heteroatoms.